The molecule has 0 saturated heterocycles. The van der Waals surface area contributed by atoms with Gasteiger partial charge in [0.15, 0.2) is 5.16 Å². The average molecular weight is 301 g/mol. The second-order valence-corrected chi connectivity index (χ2v) is 5.90. The molecule has 0 aliphatic rings. The van der Waals surface area contributed by atoms with E-state index in [1.54, 1.807) is 18.0 Å². The van der Waals surface area contributed by atoms with E-state index in [-0.39, 0.29) is 6.61 Å². The summed E-state index contributed by atoms with van der Waals surface area (Å²) in [6.45, 7) is 4.74. The largest absolute Gasteiger partial charge is 0.390 e. The Morgan fingerprint density at radius 1 is 1.33 bits per heavy atom. The molecule has 1 heterocycles. The van der Waals surface area contributed by atoms with Gasteiger partial charge in [0.2, 0.25) is 0 Å². The second kappa shape index (κ2) is 7.30. The number of rotatable bonds is 6. The van der Waals surface area contributed by atoms with Crippen LogP contribution in [0.3, 0.4) is 0 Å². The Labute approximate surface area is 129 Å². The van der Waals surface area contributed by atoms with Gasteiger partial charge >= 0.3 is 0 Å². The average Bonchev–Trinajstić information content (AvgIpc) is 2.88. The third kappa shape index (κ3) is 3.87. The molecule has 2 aromatic rings. The Bertz CT molecular complexity index is 658. The van der Waals surface area contributed by atoms with Gasteiger partial charge in [-0.3, -0.25) is 0 Å². The van der Waals surface area contributed by atoms with Gasteiger partial charge in [0, 0.05) is 12.3 Å². The van der Waals surface area contributed by atoms with Crippen molar-refractivity contribution < 1.29 is 5.11 Å². The number of thioether (sulfide) groups is 1. The summed E-state index contributed by atoms with van der Waals surface area (Å²) in [5, 5.41) is 18.9. The summed E-state index contributed by atoms with van der Waals surface area (Å²) >= 11 is 1.63. The molecule has 0 radical (unpaired) electrons. The lowest BCUT2D eigenvalue weighted by Gasteiger charge is -2.09. The molecule has 0 unspecified atom stereocenters. The van der Waals surface area contributed by atoms with Crippen LogP contribution in [0.5, 0.6) is 0 Å². The van der Waals surface area contributed by atoms with Crippen molar-refractivity contribution in [2.75, 3.05) is 0 Å². The molecule has 0 spiro atoms. The Morgan fingerprint density at radius 2 is 2.14 bits per heavy atom. The lowest BCUT2D eigenvalue weighted by atomic mass is 10.1. The van der Waals surface area contributed by atoms with Gasteiger partial charge in [-0.1, -0.05) is 30.0 Å². The van der Waals surface area contributed by atoms with Crippen molar-refractivity contribution in [3.63, 3.8) is 0 Å². The van der Waals surface area contributed by atoms with E-state index in [0.29, 0.717) is 13.0 Å². The normalized spacial score (nSPS) is 10.6. The van der Waals surface area contributed by atoms with E-state index in [1.165, 1.54) is 16.7 Å². The van der Waals surface area contributed by atoms with Gasteiger partial charge in [-0.25, -0.2) is 4.98 Å². The van der Waals surface area contributed by atoms with Crippen LogP contribution in [0.2, 0.25) is 0 Å². The summed E-state index contributed by atoms with van der Waals surface area (Å²) < 4.78 is 1.93. The maximum absolute atomic E-state index is 9.33. The third-order valence-corrected chi connectivity index (χ3v) is 4.51. The predicted molar refractivity (Wildman–Crippen MR) is 83.9 cm³/mol. The number of nitriles is 1. The fourth-order valence-electron chi connectivity index (χ4n) is 2.08. The van der Waals surface area contributed by atoms with E-state index >= 15 is 0 Å². The zero-order chi connectivity index (χ0) is 15.2. The number of hydrogen-bond acceptors (Lipinski definition) is 4. The van der Waals surface area contributed by atoms with Crippen LogP contribution in [0.25, 0.3) is 0 Å². The van der Waals surface area contributed by atoms with Gasteiger partial charge in [-0.05, 0) is 30.5 Å². The highest BCUT2D eigenvalue weighted by Crippen LogP contribution is 2.24. The van der Waals surface area contributed by atoms with Crippen molar-refractivity contribution in [2.45, 2.75) is 44.3 Å². The molecule has 0 aliphatic carbocycles. The molecule has 1 aromatic carbocycles. The van der Waals surface area contributed by atoms with Crippen LogP contribution in [0.1, 0.15) is 28.8 Å². The van der Waals surface area contributed by atoms with Crippen LogP contribution < -0.4 is 0 Å². The first kappa shape index (κ1) is 15.6. The third-order valence-electron chi connectivity index (χ3n) is 3.45. The first-order valence-corrected chi connectivity index (χ1v) is 7.85. The lowest BCUT2D eigenvalue weighted by Crippen LogP contribution is -2.04. The SMILES string of the molecule is Cc1ccc(CSc2ncc(CO)n2CCC#N)cc1C. The van der Waals surface area contributed by atoms with E-state index in [0.717, 1.165) is 16.6 Å². The van der Waals surface area contributed by atoms with Crippen LogP contribution in [-0.4, -0.2) is 14.7 Å². The molecule has 0 atom stereocenters. The maximum atomic E-state index is 9.33. The molecule has 1 N–H and O–H groups in total. The van der Waals surface area contributed by atoms with Gasteiger partial charge in [-0.15, -0.1) is 0 Å². The highest BCUT2D eigenvalue weighted by atomic mass is 32.2. The van der Waals surface area contributed by atoms with Gasteiger partial charge in [-0.2, -0.15) is 5.26 Å². The molecule has 110 valence electrons. The summed E-state index contributed by atoms with van der Waals surface area (Å²) in [5.74, 6) is 0.829. The van der Waals surface area contributed by atoms with Crippen molar-refractivity contribution in [1.29, 1.82) is 5.26 Å². The van der Waals surface area contributed by atoms with E-state index in [4.69, 9.17) is 5.26 Å². The minimum absolute atomic E-state index is 0.0529. The standard InChI is InChI=1S/C16H19N3OS/c1-12-4-5-14(8-13(12)2)11-21-16-18-9-15(10-20)19(16)7-3-6-17/h4-5,8-9,20H,3,7,10-11H2,1-2H3. The zero-order valence-electron chi connectivity index (χ0n) is 12.3. The van der Waals surface area contributed by atoms with Crippen molar-refractivity contribution in [3.05, 3.63) is 46.8 Å². The summed E-state index contributed by atoms with van der Waals surface area (Å²) in [6.07, 6.45) is 2.10. The Hall–Kier alpha value is -1.77. The Kier molecular flexibility index (Phi) is 5.43. The number of nitrogens with zero attached hydrogens (tertiary/aromatic N) is 3. The lowest BCUT2D eigenvalue weighted by molar-refractivity contribution is 0.269. The quantitative estimate of drug-likeness (QED) is 0.832. The van der Waals surface area contributed by atoms with Gasteiger partial charge in [0.1, 0.15) is 0 Å². The Morgan fingerprint density at radius 3 is 2.81 bits per heavy atom. The first-order chi connectivity index (χ1) is 10.2. The van der Waals surface area contributed by atoms with Crippen LogP contribution in [-0.2, 0) is 18.9 Å². The number of aromatic nitrogens is 2. The second-order valence-electron chi connectivity index (χ2n) is 4.96. The first-order valence-electron chi connectivity index (χ1n) is 6.87. The summed E-state index contributed by atoms with van der Waals surface area (Å²) in [4.78, 5) is 4.35. The monoisotopic (exact) mass is 301 g/mol. The minimum Gasteiger partial charge on any atom is -0.390 e. The molecule has 0 fully saturated rings. The molecule has 4 nitrogen and oxygen atoms in total. The van der Waals surface area contributed by atoms with Crippen molar-refractivity contribution in [2.24, 2.45) is 0 Å². The molecule has 21 heavy (non-hydrogen) atoms. The molecule has 2 rings (SSSR count). The van der Waals surface area contributed by atoms with Crippen molar-refractivity contribution >= 4 is 11.8 Å². The molecule has 1 aromatic heterocycles. The van der Waals surface area contributed by atoms with E-state index in [1.807, 2.05) is 4.57 Å². The number of aliphatic hydroxyl groups is 1. The summed E-state index contributed by atoms with van der Waals surface area (Å²) in [7, 11) is 0. The highest BCUT2D eigenvalue weighted by molar-refractivity contribution is 7.98. The van der Waals surface area contributed by atoms with Crippen LogP contribution in [0.15, 0.2) is 29.6 Å². The highest BCUT2D eigenvalue weighted by Gasteiger charge is 2.10. The van der Waals surface area contributed by atoms with Crippen molar-refractivity contribution in [3.8, 4) is 6.07 Å². The number of imidazole rings is 1. The molecule has 0 saturated carbocycles. The molecule has 5 heteroatoms. The zero-order valence-corrected chi connectivity index (χ0v) is 13.2. The molecule has 0 amide bonds. The fraction of sp³-hybridized carbons (Fsp3) is 0.375. The van der Waals surface area contributed by atoms with Gasteiger partial charge < -0.3 is 9.67 Å². The predicted octanol–water partition coefficient (Wildman–Crippen LogP) is 3.20. The van der Waals surface area contributed by atoms with Crippen LogP contribution >= 0.6 is 11.8 Å². The topological polar surface area (TPSA) is 61.8 Å². The fourth-order valence-corrected chi connectivity index (χ4v) is 3.04. The number of aryl methyl sites for hydroxylation is 2. The smallest absolute Gasteiger partial charge is 0.168 e. The maximum Gasteiger partial charge on any atom is 0.168 e. The van der Waals surface area contributed by atoms with Crippen molar-refractivity contribution in [1.82, 2.24) is 9.55 Å². The van der Waals surface area contributed by atoms with E-state index in [9.17, 15) is 5.11 Å². The van der Waals surface area contributed by atoms with Crippen LogP contribution in [0.4, 0.5) is 0 Å². The molecular formula is C16H19N3OS. The number of hydrogen-bond donors (Lipinski definition) is 1. The minimum atomic E-state index is -0.0529. The molecule has 0 aliphatic heterocycles. The Balaban J connectivity index is 2.10. The van der Waals surface area contributed by atoms with Gasteiger partial charge in [0.05, 0.1) is 31.0 Å². The van der Waals surface area contributed by atoms with E-state index in [2.05, 4.69) is 43.1 Å². The summed E-state index contributed by atoms with van der Waals surface area (Å²) in [6, 6.07) is 8.59. The van der Waals surface area contributed by atoms with Gasteiger partial charge in [0.25, 0.3) is 0 Å². The number of benzene rings is 1. The molecule has 0 bridgehead atoms. The van der Waals surface area contributed by atoms with E-state index < -0.39 is 0 Å². The number of aliphatic hydroxyl groups excluding tert-OH is 1. The summed E-state index contributed by atoms with van der Waals surface area (Å²) in [5.41, 5.74) is 4.59. The molecular weight excluding hydrogens is 282 g/mol. The van der Waals surface area contributed by atoms with Crippen LogP contribution in [0, 0.1) is 25.2 Å².